The molecule has 1 atom stereocenters. The molecule has 1 aromatic carbocycles. The maximum Gasteiger partial charge on any atom is 0.0458 e. The molecule has 0 saturated heterocycles. The summed E-state index contributed by atoms with van der Waals surface area (Å²) in [5.74, 6) is 2.02. The standard InChI is InChI=1S/C10H11Cl2NS/c1-13-9-5-14-4-6-7(11)2-3-8(12)10(6)9/h2-3,9,13H,4-5H2,1H3. The summed E-state index contributed by atoms with van der Waals surface area (Å²) in [4.78, 5) is 0. The molecule has 0 spiro atoms. The van der Waals surface area contributed by atoms with Gasteiger partial charge in [0.2, 0.25) is 0 Å². The third kappa shape index (κ3) is 1.76. The van der Waals surface area contributed by atoms with E-state index in [0.717, 1.165) is 21.6 Å². The number of fused-ring (bicyclic) bond motifs is 1. The van der Waals surface area contributed by atoms with E-state index in [1.54, 1.807) is 0 Å². The molecule has 0 bridgehead atoms. The highest BCUT2D eigenvalue weighted by atomic mass is 35.5. The third-order valence-corrected chi connectivity index (χ3v) is 4.22. The second-order valence-corrected chi connectivity index (χ2v) is 5.12. The fraction of sp³-hybridized carbons (Fsp3) is 0.400. The average Bonchev–Trinajstić information content (AvgIpc) is 2.23. The van der Waals surface area contributed by atoms with Crippen LogP contribution in [0.3, 0.4) is 0 Å². The van der Waals surface area contributed by atoms with Crippen molar-refractivity contribution >= 4 is 35.0 Å². The maximum absolute atomic E-state index is 6.18. The molecule has 0 aromatic heterocycles. The summed E-state index contributed by atoms with van der Waals surface area (Å²) in [6.45, 7) is 0. The zero-order valence-electron chi connectivity index (χ0n) is 7.81. The number of halogens is 2. The van der Waals surface area contributed by atoms with Gasteiger partial charge >= 0.3 is 0 Å². The Morgan fingerprint density at radius 3 is 2.79 bits per heavy atom. The summed E-state index contributed by atoms with van der Waals surface area (Å²) >= 11 is 14.2. The van der Waals surface area contributed by atoms with Crippen molar-refractivity contribution < 1.29 is 0 Å². The largest absolute Gasteiger partial charge is 0.312 e. The van der Waals surface area contributed by atoms with Crippen LogP contribution in [0.4, 0.5) is 0 Å². The van der Waals surface area contributed by atoms with Crippen molar-refractivity contribution in [1.29, 1.82) is 0 Å². The minimum atomic E-state index is 0.329. The summed E-state index contributed by atoms with van der Waals surface area (Å²) < 4.78 is 0. The number of hydrogen-bond acceptors (Lipinski definition) is 2. The van der Waals surface area contributed by atoms with Gasteiger partial charge in [-0.2, -0.15) is 11.8 Å². The lowest BCUT2D eigenvalue weighted by Gasteiger charge is -2.26. The Morgan fingerprint density at radius 1 is 1.36 bits per heavy atom. The van der Waals surface area contributed by atoms with Gasteiger partial charge in [0, 0.05) is 27.6 Å². The number of rotatable bonds is 1. The van der Waals surface area contributed by atoms with Gasteiger partial charge in [0.25, 0.3) is 0 Å². The van der Waals surface area contributed by atoms with Crippen molar-refractivity contribution in [3.63, 3.8) is 0 Å². The molecule has 2 rings (SSSR count). The molecule has 1 aromatic rings. The molecule has 76 valence electrons. The number of thioether (sulfide) groups is 1. The summed E-state index contributed by atoms with van der Waals surface area (Å²) in [5, 5.41) is 4.92. The lowest BCUT2D eigenvalue weighted by atomic mass is 10.0. The second-order valence-electron chi connectivity index (χ2n) is 3.28. The van der Waals surface area contributed by atoms with Crippen LogP contribution in [0.1, 0.15) is 17.2 Å². The van der Waals surface area contributed by atoms with Gasteiger partial charge in [-0.05, 0) is 30.3 Å². The molecule has 1 aliphatic heterocycles. The minimum absolute atomic E-state index is 0.329. The molecule has 1 heterocycles. The summed E-state index contributed by atoms with van der Waals surface area (Å²) in [6, 6.07) is 4.08. The highest BCUT2D eigenvalue weighted by Crippen LogP contribution is 2.39. The minimum Gasteiger partial charge on any atom is -0.312 e. The van der Waals surface area contributed by atoms with Gasteiger partial charge in [-0.25, -0.2) is 0 Å². The Balaban J connectivity index is 2.55. The van der Waals surface area contributed by atoms with Crippen molar-refractivity contribution in [3.8, 4) is 0 Å². The lowest BCUT2D eigenvalue weighted by Crippen LogP contribution is -2.23. The molecular formula is C10H11Cl2NS. The zero-order valence-corrected chi connectivity index (χ0v) is 10.1. The highest BCUT2D eigenvalue weighted by molar-refractivity contribution is 7.98. The smallest absolute Gasteiger partial charge is 0.0458 e. The Hall–Kier alpha value is 0.110. The van der Waals surface area contributed by atoms with Gasteiger partial charge in [-0.15, -0.1) is 0 Å². The van der Waals surface area contributed by atoms with Crippen LogP contribution in [0.2, 0.25) is 10.0 Å². The van der Waals surface area contributed by atoms with E-state index in [9.17, 15) is 0 Å². The van der Waals surface area contributed by atoms with Crippen molar-refractivity contribution in [3.05, 3.63) is 33.3 Å². The van der Waals surface area contributed by atoms with Crippen molar-refractivity contribution in [1.82, 2.24) is 5.32 Å². The molecule has 14 heavy (non-hydrogen) atoms. The van der Waals surface area contributed by atoms with Crippen LogP contribution in [0, 0.1) is 0 Å². The Bertz CT molecular complexity index is 354. The van der Waals surface area contributed by atoms with Crippen molar-refractivity contribution in [2.45, 2.75) is 11.8 Å². The summed E-state index contributed by atoms with van der Waals surface area (Å²) in [5.41, 5.74) is 2.37. The molecule has 1 nitrogen and oxygen atoms in total. The topological polar surface area (TPSA) is 12.0 Å². The van der Waals surface area contributed by atoms with Gasteiger partial charge in [0.15, 0.2) is 0 Å². The molecule has 1 N–H and O–H groups in total. The molecule has 4 heteroatoms. The molecule has 0 radical (unpaired) electrons. The van der Waals surface area contributed by atoms with Crippen LogP contribution in [-0.2, 0) is 5.75 Å². The van der Waals surface area contributed by atoms with E-state index in [-0.39, 0.29) is 0 Å². The third-order valence-electron chi connectivity index (χ3n) is 2.47. The highest BCUT2D eigenvalue weighted by Gasteiger charge is 2.23. The van der Waals surface area contributed by atoms with E-state index in [1.807, 2.05) is 30.9 Å². The van der Waals surface area contributed by atoms with Crippen LogP contribution in [0.25, 0.3) is 0 Å². The molecular weight excluding hydrogens is 237 g/mol. The number of hydrogen-bond donors (Lipinski definition) is 1. The first-order valence-electron chi connectivity index (χ1n) is 4.46. The zero-order chi connectivity index (χ0) is 10.1. The Labute approximate surface area is 98.2 Å². The Morgan fingerprint density at radius 2 is 2.07 bits per heavy atom. The molecule has 1 aliphatic rings. The average molecular weight is 248 g/mol. The second kappa shape index (κ2) is 4.31. The molecule has 0 aliphatic carbocycles. The monoisotopic (exact) mass is 247 g/mol. The first-order valence-corrected chi connectivity index (χ1v) is 6.37. The molecule has 0 amide bonds. The number of nitrogens with one attached hydrogen (secondary N) is 1. The van der Waals surface area contributed by atoms with Gasteiger partial charge < -0.3 is 5.32 Å². The normalized spacial score (nSPS) is 20.6. The molecule has 0 saturated carbocycles. The quantitative estimate of drug-likeness (QED) is 0.816. The summed E-state index contributed by atoms with van der Waals surface area (Å²) in [6.07, 6.45) is 0. The fourth-order valence-corrected chi connectivity index (χ4v) is 3.54. The van der Waals surface area contributed by atoms with Crippen LogP contribution in [-0.4, -0.2) is 12.8 Å². The van der Waals surface area contributed by atoms with Gasteiger partial charge in [-0.1, -0.05) is 23.2 Å². The van der Waals surface area contributed by atoms with Crippen LogP contribution in [0.5, 0.6) is 0 Å². The first-order chi connectivity index (χ1) is 6.74. The van der Waals surface area contributed by atoms with Gasteiger partial charge in [0.1, 0.15) is 0 Å². The SMILES string of the molecule is CNC1CSCc2c(Cl)ccc(Cl)c21. The first kappa shape index (κ1) is 10.6. The van der Waals surface area contributed by atoms with E-state index in [2.05, 4.69) is 5.32 Å². The van der Waals surface area contributed by atoms with Crippen LogP contribution >= 0.6 is 35.0 Å². The van der Waals surface area contributed by atoms with Gasteiger partial charge in [0.05, 0.1) is 0 Å². The predicted octanol–water partition coefficient (Wildman–Crippen LogP) is 3.50. The van der Waals surface area contributed by atoms with E-state index in [1.165, 1.54) is 11.1 Å². The molecule has 1 unspecified atom stereocenters. The molecule has 0 fully saturated rings. The summed E-state index contributed by atoms with van der Waals surface area (Å²) in [7, 11) is 1.96. The van der Waals surface area contributed by atoms with E-state index < -0.39 is 0 Å². The van der Waals surface area contributed by atoms with Crippen molar-refractivity contribution in [2.75, 3.05) is 12.8 Å². The predicted molar refractivity (Wildman–Crippen MR) is 64.4 cm³/mol. The van der Waals surface area contributed by atoms with Crippen LogP contribution < -0.4 is 5.32 Å². The number of benzene rings is 1. The fourth-order valence-electron chi connectivity index (χ4n) is 1.72. The maximum atomic E-state index is 6.18. The van der Waals surface area contributed by atoms with E-state index >= 15 is 0 Å². The van der Waals surface area contributed by atoms with Crippen LogP contribution in [0.15, 0.2) is 12.1 Å². The van der Waals surface area contributed by atoms with E-state index in [0.29, 0.717) is 6.04 Å². The van der Waals surface area contributed by atoms with Crippen molar-refractivity contribution in [2.24, 2.45) is 0 Å². The Kier molecular flexibility index (Phi) is 3.27. The van der Waals surface area contributed by atoms with E-state index in [4.69, 9.17) is 23.2 Å². The lowest BCUT2D eigenvalue weighted by molar-refractivity contribution is 0.651. The van der Waals surface area contributed by atoms with Gasteiger partial charge in [-0.3, -0.25) is 0 Å².